The lowest BCUT2D eigenvalue weighted by atomic mass is 9.98. The zero-order valence-corrected chi connectivity index (χ0v) is 33.1. The zero-order chi connectivity index (χ0) is 37.3. The van der Waals surface area contributed by atoms with Crippen molar-refractivity contribution in [2.24, 2.45) is 11.8 Å². The first kappa shape index (κ1) is 41.3. The molecular formula is C37H55BrClN5O6. The van der Waals surface area contributed by atoms with E-state index in [1.54, 1.807) is 58.9 Å². The lowest BCUT2D eigenvalue weighted by Crippen LogP contribution is -2.59. The first-order valence-corrected chi connectivity index (χ1v) is 18.7. The van der Waals surface area contributed by atoms with E-state index in [4.69, 9.17) is 16.3 Å². The molecule has 5 amide bonds. The molecule has 0 bridgehead atoms. The summed E-state index contributed by atoms with van der Waals surface area (Å²) in [5.41, 5.74) is 0.0357. The third-order valence-corrected chi connectivity index (χ3v) is 10.0. The van der Waals surface area contributed by atoms with Crippen LogP contribution in [0.1, 0.15) is 85.1 Å². The van der Waals surface area contributed by atoms with Crippen LogP contribution >= 0.6 is 27.5 Å². The van der Waals surface area contributed by atoms with Gasteiger partial charge in [0.25, 0.3) is 0 Å². The highest BCUT2D eigenvalue weighted by molar-refractivity contribution is 9.10. The molecule has 0 aromatic heterocycles. The number of ether oxygens (including phenoxy) is 1. The molecule has 50 heavy (non-hydrogen) atoms. The number of carbonyl (C=O) groups excluding carboxylic acids is 5. The van der Waals surface area contributed by atoms with Gasteiger partial charge in [0.05, 0.1) is 0 Å². The van der Waals surface area contributed by atoms with Crippen LogP contribution in [0, 0.1) is 11.8 Å². The predicted molar refractivity (Wildman–Crippen MR) is 198 cm³/mol. The molecule has 1 aliphatic carbocycles. The zero-order valence-electron chi connectivity index (χ0n) is 30.8. The molecule has 1 aromatic carbocycles. The lowest BCUT2D eigenvalue weighted by Gasteiger charge is -2.35. The van der Waals surface area contributed by atoms with Gasteiger partial charge in [0.1, 0.15) is 29.8 Å². The van der Waals surface area contributed by atoms with Crippen LogP contribution in [-0.2, 0) is 30.3 Å². The quantitative estimate of drug-likeness (QED) is 0.325. The number of rotatable bonds is 8. The summed E-state index contributed by atoms with van der Waals surface area (Å²) in [6, 6.07) is 1.72. The molecule has 1 aliphatic heterocycles. The molecule has 3 rings (SSSR count). The Morgan fingerprint density at radius 2 is 1.78 bits per heavy atom. The molecule has 2 N–H and O–H groups in total. The minimum absolute atomic E-state index is 0.0251. The number of carbonyl (C=O) groups is 5. The van der Waals surface area contributed by atoms with Gasteiger partial charge >= 0.3 is 6.09 Å². The van der Waals surface area contributed by atoms with Gasteiger partial charge in [-0.1, -0.05) is 53.5 Å². The van der Waals surface area contributed by atoms with Crippen molar-refractivity contribution in [3.8, 4) is 0 Å². The summed E-state index contributed by atoms with van der Waals surface area (Å²) < 4.78 is 6.20. The highest BCUT2D eigenvalue weighted by Crippen LogP contribution is 2.34. The average molecular weight is 781 g/mol. The third-order valence-electron chi connectivity index (χ3n) is 9.01. The Bertz CT molecular complexity index is 1410. The van der Waals surface area contributed by atoms with Crippen molar-refractivity contribution in [2.75, 3.05) is 27.7 Å². The summed E-state index contributed by atoms with van der Waals surface area (Å²) in [7, 11) is 4.90. The molecule has 1 heterocycles. The second-order valence-electron chi connectivity index (χ2n) is 15.0. The van der Waals surface area contributed by atoms with Crippen molar-refractivity contribution < 1.29 is 28.7 Å². The molecule has 1 saturated carbocycles. The van der Waals surface area contributed by atoms with Crippen LogP contribution in [0.2, 0.25) is 5.02 Å². The van der Waals surface area contributed by atoms with E-state index in [0.717, 1.165) is 42.1 Å². The van der Waals surface area contributed by atoms with Gasteiger partial charge in [-0.25, -0.2) is 4.79 Å². The van der Waals surface area contributed by atoms with Crippen molar-refractivity contribution in [1.29, 1.82) is 0 Å². The van der Waals surface area contributed by atoms with E-state index in [-0.39, 0.29) is 30.6 Å². The van der Waals surface area contributed by atoms with Gasteiger partial charge in [-0.15, -0.1) is 0 Å². The van der Waals surface area contributed by atoms with E-state index in [9.17, 15) is 24.0 Å². The number of nitrogens with one attached hydrogen (secondary N) is 2. The molecule has 0 saturated heterocycles. The average Bonchev–Trinajstić information content (AvgIpc) is 3.87. The second-order valence-corrected chi connectivity index (χ2v) is 16.3. The summed E-state index contributed by atoms with van der Waals surface area (Å²) in [4.78, 5) is 73.6. The summed E-state index contributed by atoms with van der Waals surface area (Å²) in [5, 5.41) is 6.21. The Morgan fingerprint density at radius 3 is 2.40 bits per heavy atom. The van der Waals surface area contributed by atoms with Crippen molar-refractivity contribution in [3.63, 3.8) is 0 Å². The monoisotopic (exact) mass is 779 g/mol. The Kier molecular flexibility index (Phi) is 15.2. The number of nitrogens with zero attached hydrogens (tertiary/aromatic N) is 3. The Hall–Kier alpha value is -3.12. The summed E-state index contributed by atoms with van der Waals surface area (Å²) in [5.74, 6) is -1.54. The minimum Gasteiger partial charge on any atom is -0.444 e. The van der Waals surface area contributed by atoms with Crippen LogP contribution < -0.4 is 10.6 Å². The van der Waals surface area contributed by atoms with Crippen LogP contribution in [-0.4, -0.2) is 102 Å². The Labute approximate surface area is 311 Å². The van der Waals surface area contributed by atoms with Crippen LogP contribution in [0.5, 0.6) is 0 Å². The van der Waals surface area contributed by atoms with E-state index in [0.29, 0.717) is 18.0 Å². The number of hydrogen-bond acceptors (Lipinski definition) is 6. The van der Waals surface area contributed by atoms with E-state index in [2.05, 4.69) is 26.6 Å². The molecule has 2 aliphatic rings. The third kappa shape index (κ3) is 12.3. The van der Waals surface area contributed by atoms with E-state index >= 15 is 0 Å². The first-order chi connectivity index (χ1) is 23.4. The molecule has 1 fully saturated rings. The molecule has 4 atom stereocenters. The standard InChI is InChI=1S/C37H55BrClN5O6/c1-23(2)20-28-33(46)44(8)30(22-25-21-26(39)17-18-27(25)38)34(47)42(6)19-13-11-9-10-12-14-29(32(45)40-28)43(7)35(48)31(24-15-16-24)41-36(49)50-37(3,4)5/h10,12,17-18,21,23-24,28-31H,9,11,13-16,19-20,22H2,1-8H3,(H,40,45)(H,41,49)/b12-10+/t28-,29-,30-,31-/m0/s1. The molecule has 1 aromatic rings. The molecule has 13 heteroatoms. The smallest absolute Gasteiger partial charge is 0.408 e. The van der Waals surface area contributed by atoms with Gasteiger partial charge in [-0.3, -0.25) is 19.2 Å². The topological polar surface area (TPSA) is 128 Å². The highest BCUT2D eigenvalue weighted by Gasteiger charge is 2.42. The fourth-order valence-corrected chi connectivity index (χ4v) is 6.64. The number of allylic oxidation sites excluding steroid dienone is 1. The van der Waals surface area contributed by atoms with E-state index in [1.807, 2.05) is 32.1 Å². The van der Waals surface area contributed by atoms with Gasteiger partial charge < -0.3 is 30.1 Å². The lowest BCUT2D eigenvalue weighted by molar-refractivity contribution is -0.147. The Morgan fingerprint density at radius 1 is 1.10 bits per heavy atom. The van der Waals surface area contributed by atoms with Gasteiger partial charge in [0.2, 0.25) is 23.6 Å². The molecule has 0 radical (unpaired) electrons. The molecule has 0 spiro atoms. The highest BCUT2D eigenvalue weighted by atomic mass is 79.9. The normalized spacial score (nSPS) is 22.9. The van der Waals surface area contributed by atoms with Crippen LogP contribution in [0.3, 0.4) is 0 Å². The molecule has 278 valence electrons. The summed E-state index contributed by atoms with van der Waals surface area (Å²) in [6.45, 7) is 9.68. The maximum atomic E-state index is 14.3. The van der Waals surface area contributed by atoms with Crippen LogP contribution in [0.25, 0.3) is 0 Å². The van der Waals surface area contributed by atoms with Gasteiger partial charge in [-0.2, -0.15) is 0 Å². The van der Waals surface area contributed by atoms with Gasteiger partial charge in [-0.05, 0) is 101 Å². The van der Waals surface area contributed by atoms with Crippen LogP contribution in [0.15, 0.2) is 34.8 Å². The SMILES string of the molecule is CC(C)C[C@@H]1NC(=O)[C@@H](N(C)C(=O)[C@@H](NC(=O)OC(C)(C)C)C2CC2)C/C=C/CCCCN(C)C(=O)[C@H](Cc2cc(Cl)ccc2Br)N(C)C1=O. The number of halogens is 2. The second kappa shape index (κ2) is 18.4. The molecule has 0 unspecified atom stereocenters. The van der Waals surface area contributed by atoms with Gasteiger partial charge in [0.15, 0.2) is 0 Å². The number of benzene rings is 1. The molecule has 11 nitrogen and oxygen atoms in total. The van der Waals surface area contributed by atoms with Crippen molar-refractivity contribution in [1.82, 2.24) is 25.3 Å². The van der Waals surface area contributed by atoms with Crippen LogP contribution in [0.4, 0.5) is 4.79 Å². The first-order valence-electron chi connectivity index (χ1n) is 17.6. The summed E-state index contributed by atoms with van der Waals surface area (Å²) >= 11 is 9.88. The maximum Gasteiger partial charge on any atom is 0.408 e. The van der Waals surface area contributed by atoms with Crippen molar-refractivity contribution in [2.45, 2.75) is 116 Å². The minimum atomic E-state index is -0.960. The molecular weight excluding hydrogens is 726 g/mol. The summed E-state index contributed by atoms with van der Waals surface area (Å²) in [6.07, 6.45) is 7.75. The fraction of sp³-hybridized carbons (Fsp3) is 0.649. The van der Waals surface area contributed by atoms with Crippen molar-refractivity contribution in [3.05, 3.63) is 45.4 Å². The number of hydrogen-bond donors (Lipinski definition) is 2. The fourth-order valence-electron chi connectivity index (χ4n) is 6.04. The number of alkyl carbamates (subject to hydrolysis) is 1. The largest absolute Gasteiger partial charge is 0.444 e. The Balaban J connectivity index is 1.96. The number of amides is 5. The van der Waals surface area contributed by atoms with E-state index < -0.39 is 53.6 Å². The predicted octanol–water partition coefficient (Wildman–Crippen LogP) is 5.72. The van der Waals surface area contributed by atoms with Gasteiger partial charge in [0, 0.05) is 43.6 Å². The maximum absolute atomic E-state index is 14.3. The van der Waals surface area contributed by atoms with E-state index in [1.165, 1.54) is 9.80 Å². The number of likely N-dealkylation sites (N-methyl/N-ethyl adjacent to an activating group) is 3. The van der Waals surface area contributed by atoms with Crippen molar-refractivity contribution >= 4 is 57.3 Å².